The van der Waals surface area contributed by atoms with Gasteiger partial charge in [-0.1, -0.05) is 24.3 Å². The van der Waals surface area contributed by atoms with Crippen LogP contribution in [0.5, 0.6) is 0 Å². The molecule has 5 nitrogen and oxygen atoms in total. The molecule has 1 N–H and O–H groups in total. The summed E-state index contributed by atoms with van der Waals surface area (Å²) >= 11 is 0. The van der Waals surface area contributed by atoms with E-state index < -0.39 is 21.3 Å². The maximum Gasteiger partial charge on any atom is 0.243 e. The number of fused-ring (bicyclic) bond motifs is 2. The third-order valence-electron chi connectivity index (χ3n) is 4.79. The fourth-order valence-electron chi connectivity index (χ4n) is 3.54. The number of hydrogen-bond acceptors (Lipinski definition) is 3. The molecule has 1 saturated heterocycles. The van der Waals surface area contributed by atoms with E-state index in [2.05, 4.69) is 5.32 Å². The fraction of sp³-hybridized carbons (Fsp3) is 0.235. The lowest BCUT2D eigenvalue weighted by Crippen LogP contribution is -2.39. The van der Waals surface area contributed by atoms with Gasteiger partial charge in [0.1, 0.15) is 5.82 Å². The highest BCUT2D eigenvalue weighted by Crippen LogP contribution is 2.45. The Hall–Kier alpha value is -2.25. The Labute approximate surface area is 139 Å². The number of carbonyl (C=O) groups is 1. The molecule has 0 aliphatic carbocycles. The van der Waals surface area contributed by atoms with E-state index in [-0.39, 0.29) is 23.9 Å². The van der Waals surface area contributed by atoms with Crippen LogP contribution in [0.25, 0.3) is 0 Å². The lowest BCUT2D eigenvalue weighted by Gasteiger charge is -2.22. The highest BCUT2D eigenvalue weighted by Gasteiger charge is 2.53. The molecule has 0 bridgehead atoms. The second kappa shape index (κ2) is 5.12. The van der Waals surface area contributed by atoms with Gasteiger partial charge in [-0.15, -0.1) is 0 Å². The Morgan fingerprint density at radius 2 is 1.92 bits per heavy atom. The van der Waals surface area contributed by atoms with Gasteiger partial charge in [-0.2, -0.15) is 4.31 Å². The summed E-state index contributed by atoms with van der Waals surface area (Å²) in [7, 11) is -3.84. The minimum absolute atomic E-state index is 0.0642. The fourth-order valence-corrected chi connectivity index (χ4v) is 5.07. The van der Waals surface area contributed by atoms with Crippen LogP contribution in [0.3, 0.4) is 0 Å². The molecule has 1 fully saturated rings. The first kappa shape index (κ1) is 15.3. The molecule has 1 spiro atoms. The molecule has 24 heavy (non-hydrogen) atoms. The van der Waals surface area contributed by atoms with Crippen molar-refractivity contribution in [1.29, 1.82) is 0 Å². The van der Waals surface area contributed by atoms with Crippen molar-refractivity contribution in [2.75, 3.05) is 18.4 Å². The molecule has 1 atom stereocenters. The third kappa shape index (κ3) is 2.08. The van der Waals surface area contributed by atoms with Crippen LogP contribution in [-0.4, -0.2) is 31.7 Å². The first-order valence-electron chi connectivity index (χ1n) is 7.60. The largest absolute Gasteiger partial charge is 0.325 e. The van der Waals surface area contributed by atoms with Gasteiger partial charge < -0.3 is 5.32 Å². The molecule has 1 amide bonds. The van der Waals surface area contributed by atoms with E-state index in [1.54, 1.807) is 0 Å². The van der Waals surface area contributed by atoms with Crippen LogP contribution < -0.4 is 5.32 Å². The molecule has 4 rings (SSSR count). The number of nitrogens with one attached hydrogen (secondary N) is 1. The van der Waals surface area contributed by atoms with Gasteiger partial charge in [0.05, 0.1) is 10.3 Å². The SMILES string of the molecule is O=C1Nc2ccccc2C12CCN(S(=O)(=O)c1cccc(F)c1)C2. The topological polar surface area (TPSA) is 66.5 Å². The Kier molecular flexibility index (Phi) is 3.26. The molecule has 2 heterocycles. The Morgan fingerprint density at radius 1 is 1.12 bits per heavy atom. The van der Waals surface area contributed by atoms with Crippen LogP contribution in [0.15, 0.2) is 53.4 Å². The second-order valence-electron chi connectivity index (χ2n) is 6.13. The number of sulfonamides is 1. The predicted molar refractivity (Wildman–Crippen MR) is 86.5 cm³/mol. The summed E-state index contributed by atoms with van der Waals surface area (Å²) in [6.07, 6.45) is 0.407. The van der Waals surface area contributed by atoms with Crippen molar-refractivity contribution >= 4 is 21.6 Å². The van der Waals surface area contributed by atoms with Crippen molar-refractivity contribution in [2.45, 2.75) is 16.7 Å². The molecule has 124 valence electrons. The zero-order chi connectivity index (χ0) is 16.9. The summed E-state index contributed by atoms with van der Waals surface area (Å²) in [4.78, 5) is 12.4. The number of benzene rings is 2. The number of hydrogen-bond donors (Lipinski definition) is 1. The van der Waals surface area contributed by atoms with E-state index in [1.165, 1.54) is 22.5 Å². The van der Waals surface area contributed by atoms with Crippen molar-refractivity contribution in [2.24, 2.45) is 0 Å². The van der Waals surface area contributed by atoms with Gasteiger partial charge in [0, 0.05) is 18.8 Å². The van der Waals surface area contributed by atoms with Crippen molar-refractivity contribution in [3.8, 4) is 0 Å². The number of anilines is 1. The van der Waals surface area contributed by atoms with Crippen molar-refractivity contribution in [3.05, 3.63) is 59.9 Å². The number of nitrogens with zero attached hydrogens (tertiary/aromatic N) is 1. The van der Waals surface area contributed by atoms with Crippen molar-refractivity contribution in [1.82, 2.24) is 4.31 Å². The van der Waals surface area contributed by atoms with E-state index in [0.29, 0.717) is 6.42 Å². The smallest absolute Gasteiger partial charge is 0.243 e. The van der Waals surface area contributed by atoms with Gasteiger partial charge in [-0.3, -0.25) is 4.79 Å². The Bertz CT molecular complexity index is 944. The highest BCUT2D eigenvalue weighted by atomic mass is 32.2. The van der Waals surface area contributed by atoms with Gasteiger partial charge in [0.25, 0.3) is 0 Å². The first-order chi connectivity index (χ1) is 11.4. The average molecular weight is 346 g/mol. The summed E-state index contributed by atoms with van der Waals surface area (Å²) in [6.45, 7) is 0.287. The number of halogens is 1. The van der Waals surface area contributed by atoms with Crippen LogP contribution in [0.1, 0.15) is 12.0 Å². The van der Waals surface area contributed by atoms with Crippen molar-refractivity contribution in [3.63, 3.8) is 0 Å². The number of carbonyl (C=O) groups excluding carboxylic acids is 1. The van der Waals surface area contributed by atoms with E-state index in [9.17, 15) is 17.6 Å². The lowest BCUT2D eigenvalue weighted by molar-refractivity contribution is -0.120. The summed E-state index contributed by atoms with van der Waals surface area (Å²) in [6, 6.07) is 12.3. The van der Waals surface area contributed by atoms with Gasteiger partial charge in [-0.25, -0.2) is 12.8 Å². The molecule has 0 saturated carbocycles. The minimum atomic E-state index is -3.84. The molecular formula is C17H15FN2O3S. The molecule has 2 aromatic carbocycles. The average Bonchev–Trinajstić information content (AvgIpc) is 3.13. The number of para-hydroxylation sites is 1. The van der Waals surface area contributed by atoms with Gasteiger partial charge in [-0.05, 0) is 36.2 Å². The number of amides is 1. The van der Waals surface area contributed by atoms with Crippen LogP contribution >= 0.6 is 0 Å². The maximum absolute atomic E-state index is 13.4. The quantitative estimate of drug-likeness (QED) is 0.906. The van der Waals surface area contributed by atoms with Crippen LogP contribution in [0.4, 0.5) is 10.1 Å². The van der Waals surface area contributed by atoms with Gasteiger partial charge >= 0.3 is 0 Å². The molecular weight excluding hydrogens is 331 g/mol. The van der Waals surface area contributed by atoms with Gasteiger partial charge in [0.15, 0.2) is 0 Å². The Morgan fingerprint density at radius 3 is 2.71 bits per heavy atom. The number of rotatable bonds is 2. The third-order valence-corrected chi connectivity index (χ3v) is 6.63. The van der Waals surface area contributed by atoms with E-state index >= 15 is 0 Å². The zero-order valence-corrected chi connectivity index (χ0v) is 13.5. The molecule has 0 aromatic heterocycles. The second-order valence-corrected chi connectivity index (χ2v) is 8.07. The standard InChI is InChI=1S/C17H15FN2O3S/c18-12-4-3-5-13(10-12)24(22,23)20-9-8-17(11-20)14-6-1-2-7-15(14)19-16(17)21/h1-7,10H,8-9,11H2,(H,19,21). The van der Waals surface area contributed by atoms with Crippen LogP contribution in [0, 0.1) is 5.82 Å². The van der Waals surface area contributed by atoms with Crippen LogP contribution in [-0.2, 0) is 20.2 Å². The van der Waals surface area contributed by atoms with E-state index in [4.69, 9.17) is 0 Å². The molecule has 2 aliphatic rings. The van der Waals surface area contributed by atoms with Crippen LogP contribution in [0.2, 0.25) is 0 Å². The zero-order valence-electron chi connectivity index (χ0n) is 12.7. The van der Waals surface area contributed by atoms with Gasteiger partial charge in [0.2, 0.25) is 15.9 Å². The monoisotopic (exact) mass is 346 g/mol. The lowest BCUT2D eigenvalue weighted by atomic mass is 9.81. The van der Waals surface area contributed by atoms with Crippen molar-refractivity contribution < 1.29 is 17.6 Å². The summed E-state index contributed by atoms with van der Waals surface area (Å²) in [5, 5.41) is 2.83. The first-order valence-corrected chi connectivity index (χ1v) is 9.04. The Balaban J connectivity index is 1.72. The summed E-state index contributed by atoms with van der Waals surface area (Å²) < 4.78 is 40.2. The normalized spacial score (nSPS) is 23.5. The molecule has 0 radical (unpaired) electrons. The molecule has 7 heteroatoms. The summed E-state index contributed by atoms with van der Waals surface area (Å²) in [5.74, 6) is -0.783. The van der Waals surface area contributed by atoms with E-state index in [1.807, 2.05) is 24.3 Å². The molecule has 1 unspecified atom stereocenters. The minimum Gasteiger partial charge on any atom is -0.325 e. The highest BCUT2D eigenvalue weighted by molar-refractivity contribution is 7.89. The maximum atomic E-state index is 13.4. The predicted octanol–water partition coefficient (Wildman–Crippen LogP) is 2.11. The summed E-state index contributed by atoms with van der Waals surface area (Å²) in [5.41, 5.74) is 0.691. The molecule has 2 aromatic rings. The van der Waals surface area contributed by atoms with E-state index in [0.717, 1.165) is 17.3 Å². The molecule has 2 aliphatic heterocycles.